The molecule has 2 rings (SSSR count). The van der Waals surface area contributed by atoms with E-state index < -0.39 is 0 Å². The predicted octanol–water partition coefficient (Wildman–Crippen LogP) is 1.86. The molecular weight excluding hydrogens is 208 g/mol. The first-order chi connectivity index (χ1) is 7.15. The topological polar surface area (TPSA) is 33.2 Å². The molecule has 0 aromatic carbocycles. The van der Waals surface area contributed by atoms with Crippen LogP contribution in [0.5, 0.6) is 0 Å². The normalized spacial score (nSPS) is 23.3. The van der Waals surface area contributed by atoms with E-state index in [4.69, 9.17) is 0 Å². The third-order valence-corrected chi connectivity index (χ3v) is 3.70. The lowest BCUT2D eigenvalue weighted by atomic mass is 9.99. The minimum atomic E-state index is 0.202. The van der Waals surface area contributed by atoms with Crippen LogP contribution in [0.25, 0.3) is 0 Å². The van der Waals surface area contributed by atoms with Gasteiger partial charge in [-0.3, -0.25) is 9.69 Å². The predicted molar refractivity (Wildman–Crippen MR) is 60.9 cm³/mol. The van der Waals surface area contributed by atoms with Crippen molar-refractivity contribution in [3.8, 4) is 0 Å². The molecule has 1 atom stereocenters. The molecule has 0 saturated carbocycles. The summed E-state index contributed by atoms with van der Waals surface area (Å²) < 4.78 is 0. The molecule has 0 amide bonds. The van der Waals surface area contributed by atoms with Gasteiger partial charge in [0.25, 0.3) is 0 Å². The summed E-state index contributed by atoms with van der Waals surface area (Å²) >= 11 is 1.75. The number of nitrogens with zero attached hydrogens (tertiary/aromatic N) is 2. The highest BCUT2D eigenvalue weighted by Gasteiger charge is 2.23. The Morgan fingerprint density at radius 1 is 1.67 bits per heavy atom. The molecule has 1 aromatic rings. The second kappa shape index (κ2) is 4.41. The number of aryl methyl sites for hydroxylation is 1. The minimum Gasteiger partial charge on any atom is -0.299 e. The van der Waals surface area contributed by atoms with Crippen molar-refractivity contribution in [1.29, 1.82) is 0 Å². The molecule has 3 nitrogen and oxygen atoms in total. The van der Waals surface area contributed by atoms with Crippen molar-refractivity contribution in [2.45, 2.75) is 26.8 Å². The van der Waals surface area contributed by atoms with E-state index in [2.05, 4.69) is 9.88 Å². The van der Waals surface area contributed by atoms with Gasteiger partial charge in [-0.05, 0) is 6.92 Å². The lowest BCUT2D eigenvalue weighted by Crippen LogP contribution is -2.38. The van der Waals surface area contributed by atoms with E-state index in [1.807, 2.05) is 20.0 Å². The number of hydrogen-bond donors (Lipinski definition) is 0. The van der Waals surface area contributed by atoms with Crippen LogP contribution in [0.2, 0.25) is 0 Å². The van der Waals surface area contributed by atoms with E-state index in [0.29, 0.717) is 12.2 Å². The van der Waals surface area contributed by atoms with E-state index in [1.165, 1.54) is 4.88 Å². The van der Waals surface area contributed by atoms with Gasteiger partial charge in [-0.25, -0.2) is 4.98 Å². The first-order valence-electron chi connectivity index (χ1n) is 5.31. The van der Waals surface area contributed by atoms with Crippen molar-refractivity contribution in [1.82, 2.24) is 9.88 Å². The Kier molecular flexibility index (Phi) is 3.17. The van der Waals surface area contributed by atoms with Gasteiger partial charge in [0, 0.05) is 43.0 Å². The standard InChI is InChI=1S/C11H16N2OS/c1-8-6-13(4-3-11(8)14)7-10-5-12-9(2)15-10/h5,8H,3-4,6-7H2,1-2H3. The molecule has 2 heterocycles. The van der Waals surface area contributed by atoms with Gasteiger partial charge in [-0.2, -0.15) is 0 Å². The molecule has 0 bridgehead atoms. The van der Waals surface area contributed by atoms with Gasteiger partial charge in [0.15, 0.2) is 0 Å². The Bertz CT molecular complexity index is 361. The molecule has 4 heteroatoms. The van der Waals surface area contributed by atoms with Gasteiger partial charge >= 0.3 is 0 Å². The summed E-state index contributed by atoms with van der Waals surface area (Å²) in [5.41, 5.74) is 0. The zero-order valence-corrected chi connectivity index (χ0v) is 10.0. The third-order valence-electron chi connectivity index (χ3n) is 2.80. The summed E-state index contributed by atoms with van der Waals surface area (Å²) in [6, 6.07) is 0. The fraction of sp³-hybridized carbons (Fsp3) is 0.636. The maximum Gasteiger partial charge on any atom is 0.138 e. The molecule has 0 spiro atoms. The van der Waals surface area contributed by atoms with Crippen molar-refractivity contribution in [2.75, 3.05) is 13.1 Å². The van der Waals surface area contributed by atoms with Gasteiger partial charge in [0.2, 0.25) is 0 Å². The molecule has 15 heavy (non-hydrogen) atoms. The second-order valence-electron chi connectivity index (χ2n) is 4.20. The number of hydrogen-bond acceptors (Lipinski definition) is 4. The Balaban J connectivity index is 1.93. The molecule has 0 N–H and O–H groups in total. The number of likely N-dealkylation sites (tertiary alicyclic amines) is 1. The van der Waals surface area contributed by atoms with Crippen molar-refractivity contribution in [3.63, 3.8) is 0 Å². The molecule has 82 valence electrons. The Morgan fingerprint density at radius 2 is 2.47 bits per heavy atom. The van der Waals surface area contributed by atoms with Crippen LogP contribution in [0.15, 0.2) is 6.20 Å². The molecular formula is C11H16N2OS. The van der Waals surface area contributed by atoms with Crippen LogP contribution in [-0.2, 0) is 11.3 Å². The first kappa shape index (κ1) is 10.8. The summed E-state index contributed by atoms with van der Waals surface area (Å²) in [7, 11) is 0. The van der Waals surface area contributed by atoms with Crippen molar-refractivity contribution in [3.05, 3.63) is 16.1 Å². The molecule has 1 saturated heterocycles. The average molecular weight is 224 g/mol. The summed E-state index contributed by atoms with van der Waals surface area (Å²) in [6.45, 7) is 6.79. The molecule has 1 aromatic heterocycles. The Hall–Kier alpha value is -0.740. The molecule has 1 fully saturated rings. The number of ketones is 1. The molecule has 0 radical (unpaired) electrons. The van der Waals surface area contributed by atoms with Crippen LogP contribution in [0.3, 0.4) is 0 Å². The van der Waals surface area contributed by atoms with Crippen LogP contribution in [0.1, 0.15) is 23.2 Å². The summed E-state index contributed by atoms with van der Waals surface area (Å²) in [4.78, 5) is 19.2. The van der Waals surface area contributed by atoms with Crippen molar-refractivity contribution < 1.29 is 4.79 Å². The van der Waals surface area contributed by atoms with E-state index >= 15 is 0 Å². The van der Waals surface area contributed by atoms with E-state index in [-0.39, 0.29) is 5.92 Å². The zero-order valence-electron chi connectivity index (χ0n) is 9.19. The SMILES string of the molecule is Cc1ncc(CN2CCC(=O)C(C)C2)s1. The fourth-order valence-electron chi connectivity index (χ4n) is 1.94. The van der Waals surface area contributed by atoms with E-state index in [1.54, 1.807) is 11.3 Å². The van der Waals surface area contributed by atoms with Crippen LogP contribution >= 0.6 is 11.3 Å². The highest BCUT2D eigenvalue weighted by atomic mass is 32.1. The van der Waals surface area contributed by atoms with Gasteiger partial charge in [0.1, 0.15) is 5.78 Å². The number of carbonyl (C=O) groups excluding carboxylic acids is 1. The number of rotatable bonds is 2. The van der Waals surface area contributed by atoms with Crippen LogP contribution in [0.4, 0.5) is 0 Å². The van der Waals surface area contributed by atoms with Gasteiger partial charge in [0.05, 0.1) is 5.01 Å². The number of piperidine rings is 1. The second-order valence-corrected chi connectivity index (χ2v) is 5.52. The van der Waals surface area contributed by atoms with Gasteiger partial charge < -0.3 is 0 Å². The first-order valence-corrected chi connectivity index (χ1v) is 6.13. The lowest BCUT2D eigenvalue weighted by molar-refractivity contribution is -0.125. The maximum absolute atomic E-state index is 11.4. The van der Waals surface area contributed by atoms with Crippen LogP contribution in [-0.4, -0.2) is 28.8 Å². The highest BCUT2D eigenvalue weighted by Crippen LogP contribution is 2.18. The summed E-state index contributed by atoms with van der Waals surface area (Å²) in [5.74, 6) is 0.611. The molecule has 1 unspecified atom stereocenters. The smallest absolute Gasteiger partial charge is 0.138 e. The van der Waals surface area contributed by atoms with Crippen molar-refractivity contribution in [2.24, 2.45) is 5.92 Å². The fourth-order valence-corrected chi connectivity index (χ4v) is 2.77. The zero-order chi connectivity index (χ0) is 10.8. The number of thiazole rings is 1. The maximum atomic E-state index is 11.4. The van der Waals surface area contributed by atoms with Gasteiger partial charge in [-0.15, -0.1) is 11.3 Å². The largest absolute Gasteiger partial charge is 0.299 e. The highest BCUT2D eigenvalue weighted by molar-refractivity contribution is 7.11. The Morgan fingerprint density at radius 3 is 3.07 bits per heavy atom. The minimum absolute atomic E-state index is 0.202. The van der Waals surface area contributed by atoms with Crippen LogP contribution < -0.4 is 0 Å². The number of Topliss-reactive ketones (excluding diaryl/α,β-unsaturated/α-hetero) is 1. The molecule has 0 aliphatic carbocycles. The van der Waals surface area contributed by atoms with E-state index in [0.717, 1.165) is 24.6 Å². The average Bonchev–Trinajstić information content (AvgIpc) is 2.58. The quantitative estimate of drug-likeness (QED) is 0.769. The summed E-state index contributed by atoms with van der Waals surface area (Å²) in [6.07, 6.45) is 2.65. The third kappa shape index (κ3) is 2.63. The molecule has 1 aliphatic heterocycles. The molecule has 1 aliphatic rings. The van der Waals surface area contributed by atoms with E-state index in [9.17, 15) is 4.79 Å². The lowest BCUT2D eigenvalue weighted by Gasteiger charge is -2.29. The summed E-state index contributed by atoms with van der Waals surface area (Å²) in [5, 5.41) is 1.12. The van der Waals surface area contributed by atoms with Crippen molar-refractivity contribution >= 4 is 17.1 Å². The monoisotopic (exact) mass is 224 g/mol. The number of aromatic nitrogens is 1. The van der Waals surface area contributed by atoms with Crippen LogP contribution in [0, 0.1) is 12.8 Å². The Labute approximate surface area is 94.1 Å². The van der Waals surface area contributed by atoms with Gasteiger partial charge in [-0.1, -0.05) is 6.92 Å². The number of carbonyl (C=O) groups is 1.